The third-order valence-electron chi connectivity index (χ3n) is 12.1. The summed E-state index contributed by atoms with van der Waals surface area (Å²) in [6.45, 7) is 8.09. The lowest BCUT2D eigenvalue weighted by molar-refractivity contribution is -0.174. The number of anilines is 1. The highest BCUT2D eigenvalue weighted by molar-refractivity contribution is 7.15. The summed E-state index contributed by atoms with van der Waals surface area (Å²) in [7, 11) is 0. The first kappa shape index (κ1) is 27.1. The number of nitrogens with one attached hydrogen (secondary N) is 1. The minimum absolute atomic E-state index is 0.0245. The lowest BCUT2D eigenvalue weighted by Gasteiger charge is -2.62. The molecule has 8 heteroatoms. The average Bonchev–Trinajstić information content (AvgIpc) is 3.63. The number of carbonyl (C=O) groups is 1. The Morgan fingerprint density at radius 1 is 1.08 bits per heavy atom. The molecule has 0 aromatic carbocycles. The fourth-order valence-electron chi connectivity index (χ4n) is 10.1. The second-order valence-corrected chi connectivity index (χ2v) is 15.0. The van der Waals surface area contributed by atoms with Crippen molar-refractivity contribution >= 4 is 22.4 Å². The van der Waals surface area contributed by atoms with Crippen LogP contribution < -0.4 is 5.32 Å². The molecule has 1 amide bonds. The smallest absolute Gasteiger partial charge is 0.226 e. The number of aliphatic hydroxyl groups excluding tert-OH is 2. The van der Waals surface area contributed by atoms with Gasteiger partial charge in [0, 0.05) is 13.0 Å². The highest BCUT2D eigenvalue weighted by Crippen LogP contribution is 2.68. The Morgan fingerprint density at radius 3 is 2.66 bits per heavy atom. The van der Waals surface area contributed by atoms with Gasteiger partial charge >= 0.3 is 0 Å². The average molecular weight is 546 g/mol. The number of carbonyl (C=O) groups excluding carboxylic acids is 1. The molecule has 5 fully saturated rings. The van der Waals surface area contributed by atoms with Crippen LogP contribution in [0.4, 0.5) is 5.13 Å². The summed E-state index contributed by atoms with van der Waals surface area (Å²) in [5.41, 5.74) is 0.505. The van der Waals surface area contributed by atoms with Crippen molar-refractivity contribution in [2.24, 2.45) is 46.3 Å². The first-order valence-electron chi connectivity index (χ1n) is 15.3. The number of aromatic nitrogens is 2. The number of hydrogen-bond donors (Lipinski definition) is 3. The van der Waals surface area contributed by atoms with Gasteiger partial charge in [-0.2, -0.15) is 0 Å². The van der Waals surface area contributed by atoms with Gasteiger partial charge in [-0.25, -0.2) is 0 Å². The second-order valence-electron chi connectivity index (χ2n) is 14.0. The van der Waals surface area contributed by atoms with Crippen LogP contribution in [0.15, 0.2) is 0 Å². The molecule has 1 aliphatic heterocycles. The van der Waals surface area contributed by atoms with Crippen LogP contribution >= 0.6 is 11.3 Å². The van der Waals surface area contributed by atoms with Crippen LogP contribution in [0.2, 0.25) is 0 Å². The molecule has 0 bridgehead atoms. The number of amides is 1. The molecule has 0 unspecified atom stereocenters. The molecule has 4 saturated carbocycles. The monoisotopic (exact) mass is 545 g/mol. The quantitative estimate of drug-likeness (QED) is 0.421. The number of ether oxygens (including phenoxy) is 1. The highest BCUT2D eigenvalue weighted by Gasteiger charge is 2.62. The highest BCUT2D eigenvalue weighted by atomic mass is 32.1. The Labute approximate surface area is 231 Å². The van der Waals surface area contributed by atoms with Gasteiger partial charge in [0.25, 0.3) is 0 Å². The largest absolute Gasteiger partial charge is 0.393 e. The SMILES string of the molecule is C[C@H](CCC(=O)Nc1nnc([C@@H]2CCCO2)s1)[C@@H]1CC[C@@H]2[C@@H]3[C@@H](CC[C@@]21C)[C@@]1(C)CC[C@@H](O)C[C@H]1C[C@@H]3O. The first-order chi connectivity index (χ1) is 18.2. The normalized spacial score (nSPS) is 45.2. The summed E-state index contributed by atoms with van der Waals surface area (Å²) in [5.74, 6) is 3.08. The van der Waals surface area contributed by atoms with Crippen LogP contribution in [0.1, 0.15) is 109 Å². The van der Waals surface area contributed by atoms with Crippen molar-refractivity contribution in [1.29, 1.82) is 0 Å². The topological polar surface area (TPSA) is 105 Å². The van der Waals surface area contributed by atoms with E-state index in [2.05, 4.69) is 36.3 Å². The van der Waals surface area contributed by atoms with Gasteiger partial charge in [-0.1, -0.05) is 32.1 Å². The summed E-state index contributed by atoms with van der Waals surface area (Å²) in [6, 6.07) is 0. The predicted molar refractivity (Wildman–Crippen MR) is 147 cm³/mol. The molecule has 11 atom stereocenters. The van der Waals surface area contributed by atoms with E-state index < -0.39 is 0 Å². The second kappa shape index (κ2) is 10.4. The maximum Gasteiger partial charge on any atom is 0.226 e. The van der Waals surface area contributed by atoms with Crippen LogP contribution in [0.3, 0.4) is 0 Å². The summed E-state index contributed by atoms with van der Waals surface area (Å²) in [6.07, 6.45) is 11.6. The van der Waals surface area contributed by atoms with E-state index in [0.717, 1.165) is 56.6 Å². The van der Waals surface area contributed by atoms with Gasteiger partial charge in [0.15, 0.2) is 0 Å². The third kappa shape index (κ3) is 4.65. The lowest BCUT2D eigenvalue weighted by Crippen LogP contribution is -2.58. The summed E-state index contributed by atoms with van der Waals surface area (Å²) < 4.78 is 5.69. The molecule has 4 aliphatic carbocycles. The molecule has 5 aliphatic rings. The molecule has 3 N–H and O–H groups in total. The number of rotatable bonds is 6. The van der Waals surface area contributed by atoms with Crippen LogP contribution in [-0.2, 0) is 9.53 Å². The predicted octanol–water partition coefficient (Wildman–Crippen LogP) is 5.74. The Morgan fingerprint density at radius 2 is 1.87 bits per heavy atom. The van der Waals surface area contributed by atoms with Gasteiger partial charge in [-0.15, -0.1) is 10.2 Å². The Kier molecular flexibility index (Phi) is 7.41. The molecule has 2 heterocycles. The minimum atomic E-state index is -0.237. The van der Waals surface area contributed by atoms with E-state index in [1.807, 2.05) is 0 Å². The zero-order chi connectivity index (χ0) is 26.7. The van der Waals surface area contributed by atoms with E-state index in [9.17, 15) is 15.0 Å². The van der Waals surface area contributed by atoms with E-state index in [1.54, 1.807) is 0 Å². The fraction of sp³-hybridized carbons (Fsp3) is 0.900. The van der Waals surface area contributed by atoms with Gasteiger partial charge < -0.3 is 20.3 Å². The Balaban J connectivity index is 1.07. The van der Waals surface area contributed by atoms with E-state index in [-0.39, 0.29) is 35.0 Å². The van der Waals surface area contributed by atoms with Gasteiger partial charge in [-0.05, 0) is 117 Å². The third-order valence-corrected chi connectivity index (χ3v) is 13.1. The van der Waals surface area contributed by atoms with E-state index >= 15 is 0 Å². The number of aliphatic hydroxyl groups is 2. The van der Waals surface area contributed by atoms with Gasteiger partial charge in [0.2, 0.25) is 11.0 Å². The van der Waals surface area contributed by atoms with Crippen molar-refractivity contribution in [2.75, 3.05) is 11.9 Å². The van der Waals surface area contributed by atoms with E-state index in [1.165, 1.54) is 37.0 Å². The number of nitrogens with zero attached hydrogens (tertiary/aromatic N) is 2. The van der Waals surface area contributed by atoms with Gasteiger partial charge in [-0.3, -0.25) is 4.79 Å². The van der Waals surface area contributed by atoms with Gasteiger partial charge in [0.1, 0.15) is 11.1 Å². The van der Waals surface area contributed by atoms with E-state index in [4.69, 9.17) is 4.74 Å². The molecule has 7 nitrogen and oxygen atoms in total. The molecule has 1 aromatic heterocycles. The van der Waals surface area contributed by atoms with Crippen LogP contribution in [0, 0.1) is 46.3 Å². The van der Waals surface area contributed by atoms with E-state index in [0.29, 0.717) is 47.1 Å². The van der Waals surface area contributed by atoms with Gasteiger partial charge in [0.05, 0.1) is 12.2 Å². The Bertz CT molecular complexity index is 1010. The first-order valence-corrected chi connectivity index (χ1v) is 16.1. The van der Waals surface area contributed by atoms with Crippen LogP contribution in [0.5, 0.6) is 0 Å². The number of hydrogen-bond acceptors (Lipinski definition) is 7. The fourth-order valence-corrected chi connectivity index (χ4v) is 10.9. The van der Waals surface area contributed by atoms with Crippen molar-refractivity contribution in [3.8, 4) is 0 Å². The van der Waals surface area contributed by atoms with Crippen molar-refractivity contribution in [2.45, 2.75) is 116 Å². The molecule has 1 aromatic rings. The maximum absolute atomic E-state index is 12.8. The molecular formula is C30H47N3O4S. The minimum Gasteiger partial charge on any atom is -0.393 e. The molecule has 38 heavy (non-hydrogen) atoms. The van der Waals surface area contributed by atoms with Crippen LogP contribution in [0.25, 0.3) is 0 Å². The molecule has 0 spiro atoms. The summed E-state index contributed by atoms with van der Waals surface area (Å²) >= 11 is 1.43. The maximum atomic E-state index is 12.8. The lowest BCUT2D eigenvalue weighted by atomic mass is 9.43. The zero-order valence-electron chi connectivity index (χ0n) is 23.4. The zero-order valence-corrected chi connectivity index (χ0v) is 24.2. The molecule has 1 saturated heterocycles. The van der Waals surface area contributed by atoms with Crippen molar-refractivity contribution in [3.63, 3.8) is 0 Å². The summed E-state index contributed by atoms with van der Waals surface area (Å²) in [4.78, 5) is 12.8. The van der Waals surface area contributed by atoms with Crippen molar-refractivity contribution < 1.29 is 19.7 Å². The standard InChI is InChI=1S/C30H47N3O4S/c1-17(6-9-25(36)31-28-33-32-27(38-28)24-5-4-14-37-24)20-7-8-21-26-22(11-13-30(20,21)3)29(2)12-10-19(34)15-18(29)16-23(26)35/h17-24,26,34-35H,4-16H2,1-3H3,(H,31,33,36)/t17-,18+,19-,20+,21-,22-,23+,24+,26-,29+,30-/m1/s1. The summed E-state index contributed by atoms with van der Waals surface area (Å²) in [5, 5.41) is 34.6. The van der Waals surface area contributed by atoms with Crippen LogP contribution in [-0.4, -0.2) is 45.1 Å². The van der Waals surface area contributed by atoms with Crippen molar-refractivity contribution in [1.82, 2.24) is 10.2 Å². The number of fused-ring (bicyclic) bond motifs is 5. The molecule has 212 valence electrons. The molecular weight excluding hydrogens is 498 g/mol. The Hall–Kier alpha value is -1.09. The molecule has 0 radical (unpaired) electrons. The van der Waals surface area contributed by atoms with Crippen molar-refractivity contribution in [3.05, 3.63) is 5.01 Å². The molecule has 6 rings (SSSR count).